The zero-order valence-corrected chi connectivity index (χ0v) is 15.3. The van der Waals surface area contributed by atoms with Gasteiger partial charge in [-0.3, -0.25) is 0 Å². The van der Waals surface area contributed by atoms with Crippen LogP contribution in [0.5, 0.6) is 0 Å². The summed E-state index contributed by atoms with van der Waals surface area (Å²) in [6.45, 7) is 6.16. The lowest BCUT2D eigenvalue weighted by atomic mass is 10.1. The number of thiocarbonyl (C=S) groups is 1. The summed E-state index contributed by atoms with van der Waals surface area (Å²) in [5, 5.41) is 7.40. The third kappa shape index (κ3) is 4.30. The van der Waals surface area contributed by atoms with Gasteiger partial charge in [0.25, 0.3) is 0 Å². The average Bonchev–Trinajstić information content (AvgIpc) is 2.93. The van der Waals surface area contributed by atoms with Gasteiger partial charge < -0.3 is 15.4 Å². The maximum absolute atomic E-state index is 11.9. The second-order valence-electron chi connectivity index (χ2n) is 5.18. The van der Waals surface area contributed by atoms with E-state index in [2.05, 4.69) is 24.5 Å². The zero-order valence-electron chi connectivity index (χ0n) is 13.6. The van der Waals surface area contributed by atoms with Gasteiger partial charge in [-0.1, -0.05) is 13.0 Å². The van der Waals surface area contributed by atoms with E-state index in [-0.39, 0.29) is 5.97 Å². The zero-order chi connectivity index (χ0) is 17.0. The minimum Gasteiger partial charge on any atom is -0.465 e. The van der Waals surface area contributed by atoms with Crippen molar-refractivity contribution in [2.24, 2.45) is 0 Å². The molecule has 1 aromatic carbocycles. The number of aryl methyl sites for hydroxylation is 3. The van der Waals surface area contributed by atoms with Crippen molar-refractivity contribution < 1.29 is 9.53 Å². The van der Waals surface area contributed by atoms with Gasteiger partial charge in [0.05, 0.1) is 12.7 Å². The van der Waals surface area contributed by atoms with Crippen molar-refractivity contribution in [3.63, 3.8) is 0 Å². The van der Waals surface area contributed by atoms with E-state index in [0.29, 0.717) is 15.7 Å². The molecule has 0 bridgehead atoms. The lowest BCUT2D eigenvalue weighted by Crippen LogP contribution is -2.20. The maximum Gasteiger partial charge on any atom is 0.340 e. The molecule has 2 rings (SSSR count). The number of benzene rings is 1. The quantitative estimate of drug-likeness (QED) is 0.628. The molecule has 0 aliphatic rings. The topological polar surface area (TPSA) is 50.4 Å². The van der Waals surface area contributed by atoms with Crippen molar-refractivity contribution in [2.45, 2.75) is 27.2 Å². The molecule has 0 radical (unpaired) electrons. The van der Waals surface area contributed by atoms with E-state index < -0.39 is 0 Å². The van der Waals surface area contributed by atoms with Crippen LogP contribution in [0.1, 0.15) is 33.3 Å². The number of anilines is 2. The largest absolute Gasteiger partial charge is 0.465 e. The Hall–Kier alpha value is -1.92. The van der Waals surface area contributed by atoms with Crippen LogP contribution in [0, 0.1) is 13.8 Å². The Morgan fingerprint density at radius 1 is 1.22 bits per heavy atom. The fourth-order valence-corrected chi connectivity index (χ4v) is 3.33. The number of methoxy groups -OCH3 is 1. The molecule has 1 heterocycles. The third-order valence-corrected chi connectivity index (χ3v) is 4.93. The number of esters is 1. The molecule has 0 saturated heterocycles. The van der Waals surface area contributed by atoms with Crippen molar-refractivity contribution in [1.29, 1.82) is 0 Å². The van der Waals surface area contributed by atoms with Crippen LogP contribution < -0.4 is 10.6 Å². The lowest BCUT2D eigenvalue weighted by molar-refractivity contribution is 0.0602. The van der Waals surface area contributed by atoms with E-state index in [1.165, 1.54) is 29.6 Å². The molecule has 0 amide bonds. The van der Waals surface area contributed by atoms with E-state index >= 15 is 0 Å². The minimum atomic E-state index is -0.363. The van der Waals surface area contributed by atoms with Crippen molar-refractivity contribution >= 4 is 45.3 Å². The Bertz CT molecular complexity index is 738. The second kappa shape index (κ2) is 7.57. The van der Waals surface area contributed by atoms with Crippen LogP contribution in [-0.4, -0.2) is 18.2 Å². The molecule has 0 aliphatic carbocycles. The lowest BCUT2D eigenvalue weighted by Gasteiger charge is -2.11. The number of carbonyl (C=O) groups excluding carboxylic acids is 1. The van der Waals surface area contributed by atoms with Crippen molar-refractivity contribution in [3.8, 4) is 0 Å². The van der Waals surface area contributed by atoms with Crippen molar-refractivity contribution in [1.82, 2.24) is 0 Å². The van der Waals surface area contributed by atoms with Crippen LogP contribution >= 0.6 is 23.6 Å². The van der Waals surface area contributed by atoms with Crippen LogP contribution in [0.15, 0.2) is 24.3 Å². The molecule has 6 heteroatoms. The molecule has 4 nitrogen and oxygen atoms in total. The molecule has 122 valence electrons. The summed E-state index contributed by atoms with van der Waals surface area (Å²) in [6, 6.07) is 7.90. The molecule has 2 aromatic rings. The third-order valence-electron chi connectivity index (χ3n) is 3.53. The van der Waals surface area contributed by atoms with Crippen LogP contribution in [0.4, 0.5) is 10.7 Å². The number of hydrogen-bond donors (Lipinski definition) is 2. The highest BCUT2D eigenvalue weighted by Crippen LogP contribution is 2.29. The molecular formula is C17H20N2O2S2. The predicted octanol–water partition coefficient (Wildman–Crippen LogP) is 4.52. The van der Waals surface area contributed by atoms with E-state index in [0.717, 1.165) is 17.0 Å². The predicted molar refractivity (Wildman–Crippen MR) is 101 cm³/mol. The molecule has 2 N–H and O–H groups in total. The SMILES string of the molecule is CCc1cc(C(=O)OC)c(NC(=S)Nc2ccc(C)c(C)c2)s1. The summed E-state index contributed by atoms with van der Waals surface area (Å²) in [5.74, 6) is -0.363. The van der Waals surface area contributed by atoms with Crippen molar-refractivity contribution in [3.05, 3.63) is 45.8 Å². The van der Waals surface area contributed by atoms with Crippen LogP contribution in [0.25, 0.3) is 0 Å². The first kappa shape index (κ1) is 17.4. The highest BCUT2D eigenvalue weighted by atomic mass is 32.1. The van der Waals surface area contributed by atoms with Gasteiger partial charge >= 0.3 is 5.97 Å². The summed E-state index contributed by atoms with van der Waals surface area (Å²) in [4.78, 5) is 13.0. The first-order chi connectivity index (χ1) is 10.9. The Kier molecular flexibility index (Phi) is 5.74. The van der Waals surface area contributed by atoms with E-state index in [1.54, 1.807) is 0 Å². The van der Waals surface area contributed by atoms with Crippen LogP contribution in [0.2, 0.25) is 0 Å². The fourth-order valence-electron chi connectivity index (χ4n) is 2.06. The average molecular weight is 348 g/mol. The fraction of sp³-hybridized carbons (Fsp3) is 0.294. The number of hydrogen-bond acceptors (Lipinski definition) is 4. The number of nitrogens with one attached hydrogen (secondary N) is 2. The number of carbonyl (C=O) groups is 1. The molecule has 0 atom stereocenters. The monoisotopic (exact) mass is 348 g/mol. The van der Waals surface area contributed by atoms with E-state index in [1.807, 2.05) is 31.2 Å². The van der Waals surface area contributed by atoms with Crippen molar-refractivity contribution in [2.75, 3.05) is 17.7 Å². The Labute approximate surface area is 145 Å². The summed E-state index contributed by atoms with van der Waals surface area (Å²) in [7, 11) is 1.38. The summed E-state index contributed by atoms with van der Waals surface area (Å²) >= 11 is 6.86. The number of rotatable bonds is 4. The van der Waals surface area contributed by atoms with Gasteiger partial charge in [0.1, 0.15) is 5.00 Å². The second-order valence-corrected chi connectivity index (χ2v) is 6.72. The molecule has 0 saturated carbocycles. The molecule has 0 aliphatic heterocycles. The van der Waals surface area contributed by atoms with Gasteiger partial charge in [-0.2, -0.15) is 0 Å². The Morgan fingerprint density at radius 2 is 1.96 bits per heavy atom. The van der Waals surface area contributed by atoms with Crippen LogP contribution in [-0.2, 0) is 11.2 Å². The Morgan fingerprint density at radius 3 is 2.57 bits per heavy atom. The van der Waals surface area contributed by atoms with Gasteiger partial charge in [-0.05, 0) is 61.8 Å². The van der Waals surface area contributed by atoms with Gasteiger partial charge in [0, 0.05) is 10.6 Å². The first-order valence-corrected chi connectivity index (χ1v) is 8.53. The highest BCUT2D eigenvalue weighted by molar-refractivity contribution is 7.80. The van der Waals surface area contributed by atoms with Gasteiger partial charge in [-0.15, -0.1) is 11.3 Å². The van der Waals surface area contributed by atoms with Gasteiger partial charge in [0.2, 0.25) is 0 Å². The molecule has 0 fully saturated rings. The Balaban J connectivity index is 2.14. The molecule has 0 unspecified atom stereocenters. The number of thiophene rings is 1. The minimum absolute atomic E-state index is 0.363. The summed E-state index contributed by atoms with van der Waals surface area (Å²) in [5.41, 5.74) is 3.85. The molecule has 23 heavy (non-hydrogen) atoms. The standard InChI is InChI=1S/C17H20N2O2S2/c1-5-13-9-14(16(20)21-4)15(23-13)19-17(22)18-12-7-6-10(2)11(3)8-12/h6-9H,5H2,1-4H3,(H2,18,19,22). The van der Waals surface area contributed by atoms with Crippen LogP contribution in [0.3, 0.4) is 0 Å². The highest BCUT2D eigenvalue weighted by Gasteiger charge is 2.17. The molecular weight excluding hydrogens is 328 g/mol. The summed E-state index contributed by atoms with van der Waals surface area (Å²) < 4.78 is 4.83. The molecule has 0 spiro atoms. The maximum atomic E-state index is 11.9. The number of ether oxygens (including phenoxy) is 1. The first-order valence-electron chi connectivity index (χ1n) is 7.30. The molecule has 1 aromatic heterocycles. The normalized spacial score (nSPS) is 10.3. The summed E-state index contributed by atoms with van der Waals surface area (Å²) in [6.07, 6.45) is 0.855. The van der Waals surface area contributed by atoms with Gasteiger partial charge in [0.15, 0.2) is 5.11 Å². The van der Waals surface area contributed by atoms with Gasteiger partial charge in [-0.25, -0.2) is 4.79 Å². The van der Waals surface area contributed by atoms with E-state index in [4.69, 9.17) is 17.0 Å². The van der Waals surface area contributed by atoms with E-state index in [9.17, 15) is 4.79 Å². The smallest absolute Gasteiger partial charge is 0.340 e.